The Bertz CT molecular complexity index is 678. The zero-order valence-electron chi connectivity index (χ0n) is 12.3. The van der Waals surface area contributed by atoms with Gasteiger partial charge in [0.25, 0.3) is 0 Å². The van der Waals surface area contributed by atoms with Crippen LogP contribution in [0.2, 0.25) is 0 Å². The predicted molar refractivity (Wildman–Crippen MR) is 90.6 cm³/mol. The number of amidine groups is 1. The lowest BCUT2D eigenvalue weighted by Crippen LogP contribution is -2.19. The van der Waals surface area contributed by atoms with Crippen LogP contribution in [0.1, 0.15) is 16.7 Å². The smallest absolute Gasteiger partial charge is 0.172 e. The van der Waals surface area contributed by atoms with Crippen molar-refractivity contribution in [1.82, 2.24) is 0 Å². The maximum atomic E-state index is 8.97. The fraction of sp³-hybridized carbons (Fsp3) is 0.188. The van der Waals surface area contributed by atoms with E-state index in [1.165, 1.54) is 11.1 Å². The molecule has 0 radical (unpaired) electrons. The van der Waals surface area contributed by atoms with Crippen molar-refractivity contribution in [3.05, 3.63) is 57.6 Å². The van der Waals surface area contributed by atoms with E-state index in [0.29, 0.717) is 5.56 Å². The Morgan fingerprint density at radius 3 is 2.33 bits per heavy atom. The Morgan fingerprint density at radius 2 is 1.76 bits per heavy atom. The topological polar surface area (TPSA) is 61.8 Å². The molecule has 0 aliphatic carbocycles. The second-order valence-corrected chi connectivity index (χ2v) is 5.97. The second kappa shape index (κ2) is 6.18. The molecule has 5 heteroatoms. The molecule has 2 aromatic rings. The minimum atomic E-state index is 0.0857. The number of halogens is 1. The van der Waals surface area contributed by atoms with E-state index >= 15 is 0 Å². The van der Waals surface area contributed by atoms with Crippen molar-refractivity contribution in [1.29, 1.82) is 0 Å². The molecular formula is C16H18BrN3O. The van der Waals surface area contributed by atoms with Crippen molar-refractivity contribution in [2.24, 2.45) is 10.9 Å². The van der Waals surface area contributed by atoms with E-state index in [2.05, 4.69) is 53.1 Å². The summed E-state index contributed by atoms with van der Waals surface area (Å²) in [5, 5.41) is 12.1. The Morgan fingerprint density at radius 1 is 1.14 bits per heavy atom. The molecule has 2 aromatic carbocycles. The molecule has 0 aromatic heterocycles. The molecule has 3 N–H and O–H groups in total. The van der Waals surface area contributed by atoms with Gasteiger partial charge in [-0.3, -0.25) is 0 Å². The van der Waals surface area contributed by atoms with Crippen LogP contribution in [-0.2, 0) is 0 Å². The maximum absolute atomic E-state index is 8.97. The number of oxime groups is 1. The highest BCUT2D eigenvalue weighted by molar-refractivity contribution is 9.10. The Kier molecular flexibility index (Phi) is 4.53. The summed E-state index contributed by atoms with van der Waals surface area (Å²) in [5.41, 5.74) is 10.8. The van der Waals surface area contributed by atoms with Crippen LogP contribution in [0, 0.1) is 13.8 Å². The molecule has 110 valence electrons. The van der Waals surface area contributed by atoms with Crippen LogP contribution in [0.15, 0.2) is 46.0 Å². The Labute approximate surface area is 133 Å². The number of nitrogens with two attached hydrogens (primary N) is 1. The SMILES string of the molecule is Cc1cc(C)cc(N(C)c2ccc(Br)cc2/C(N)=N/O)c1. The highest BCUT2D eigenvalue weighted by Gasteiger charge is 2.13. The first-order valence-electron chi connectivity index (χ1n) is 6.52. The van der Waals surface area contributed by atoms with Crippen molar-refractivity contribution in [3.8, 4) is 0 Å². The lowest BCUT2D eigenvalue weighted by Gasteiger charge is -2.23. The fourth-order valence-corrected chi connectivity index (χ4v) is 2.70. The first-order chi connectivity index (χ1) is 9.92. The summed E-state index contributed by atoms with van der Waals surface area (Å²) in [6.45, 7) is 4.13. The first-order valence-corrected chi connectivity index (χ1v) is 7.31. The van der Waals surface area contributed by atoms with Crippen LogP contribution in [0.25, 0.3) is 0 Å². The van der Waals surface area contributed by atoms with Gasteiger partial charge in [-0.2, -0.15) is 0 Å². The van der Waals surface area contributed by atoms with Gasteiger partial charge in [0.1, 0.15) is 0 Å². The number of hydrogen-bond acceptors (Lipinski definition) is 3. The minimum Gasteiger partial charge on any atom is -0.409 e. The van der Waals surface area contributed by atoms with Crippen molar-refractivity contribution in [3.63, 3.8) is 0 Å². The van der Waals surface area contributed by atoms with Crippen LogP contribution >= 0.6 is 15.9 Å². The summed E-state index contributed by atoms with van der Waals surface area (Å²) < 4.78 is 0.877. The van der Waals surface area contributed by atoms with Gasteiger partial charge in [-0.25, -0.2) is 0 Å². The molecule has 0 heterocycles. The summed E-state index contributed by atoms with van der Waals surface area (Å²) in [6.07, 6.45) is 0. The van der Waals surface area contributed by atoms with Gasteiger partial charge in [0.05, 0.1) is 5.69 Å². The molecular weight excluding hydrogens is 330 g/mol. The van der Waals surface area contributed by atoms with E-state index in [0.717, 1.165) is 15.8 Å². The molecule has 0 saturated heterocycles. The van der Waals surface area contributed by atoms with E-state index in [1.54, 1.807) is 0 Å². The summed E-state index contributed by atoms with van der Waals surface area (Å²) in [6, 6.07) is 12.0. The van der Waals surface area contributed by atoms with Gasteiger partial charge in [0, 0.05) is 22.8 Å². The predicted octanol–water partition coefficient (Wildman–Crippen LogP) is 3.93. The fourth-order valence-electron chi connectivity index (χ4n) is 2.34. The average molecular weight is 348 g/mol. The zero-order chi connectivity index (χ0) is 15.6. The maximum Gasteiger partial charge on any atom is 0.172 e. The summed E-state index contributed by atoms with van der Waals surface area (Å²) >= 11 is 3.41. The molecule has 2 rings (SSSR count). The van der Waals surface area contributed by atoms with Crippen LogP contribution in [0.5, 0.6) is 0 Å². The molecule has 0 unspecified atom stereocenters. The molecule has 21 heavy (non-hydrogen) atoms. The van der Waals surface area contributed by atoms with Gasteiger partial charge in [-0.1, -0.05) is 27.2 Å². The molecule has 0 aliphatic rings. The van der Waals surface area contributed by atoms with Gasteiger partial charge >= 0.3 is 0 Å². The second-order valence-electron chi connectivity index (χ2n) is 5.05. The van der Waals surface area contributed by atoms with Gasteiger partial charge < -0.3 is 15.8 Å². The summed E-state index contributed by atoms with van der Waals surface area (Å²) in [7, 11) is 1.96. The largest absolute Gasteiger partial charge is 0.409 e. The van der Waals surface area contributed by atoms with Crippen molar-refractivity contribution < 1.29 is 5.21 Å². The lowest BCUT2D eigenvalue weighted by atomic mass is 10.1. The quantitative estimate of drug-likeness (QED) is 0.382. The lowest BCUT2D eigenvalue weighted by molar-refractivity contribution is 0.318. The molecule has 0 bridgehead atoms. The molecule has 0 atom stereocenters. The molecule has 4 nitrogen and oxygen atoms in total. The highest BCUT2D eigenvalue weighted by atomic mass is 79.9. The van der Waals surface area contributed by atoms with Crippen LogP contribution in [0.3, 0.4) is 0 Å². The van der Waals surface area contributed by atoms with Crippen molar-refractivity contribution in [2.45, 2.75) is 13.8 Å². The Balaban J connectivity index is 2.55. The average Bonchev–Trinajstić information content (AvgIpc) is 2.44. The minimum absolute atomic E-state index is 0.0857. The number of rotatable bonds is 3. The van der Waals surface area contributed by atoms with E-state index in [1.807, 2.05) is 30.1 Å². The molecule has 0 aliphatic heterocycles. The third-order valence-corrected chi connectivity index (χ3v) is 3.79. The molecule has 0 amide bonds. The van der Waals surface area contributed by atoms with E-state index in [9.17, 15) is 0 Å². The molecule has 0 spiro atoms. The van der Waals surface area contributed by atoms with Gasteiger partial charge in [-0.05, 0) is 55.3 Å². The number of anilines is 2. The van der Waals surface area contributed by atoms with Crippen LogP contribution in [-0.4, -0.2) is 18.1 Å². The van der Waals surface area contributed by atoms with Crippen molar-refractivity contribution >= 4 is 33.1 Å². The number of aryl methyl sites for hydroxylation is 2. The normalized spacial score (nSPS) is 11.5. The van der Waals surface area contributed by atoms with E-state index in [4.69, 9.17) is 10.9 Å². The standard InChI is InChI=1S/C16H18BrN3O/c1-10-6-11(2)8-13(7-10)20(3)15-5-4-12(17)9-14(15)16(18)19-21/h4-9,21H,1-3H3,(H2,18,19). The van der Waals surface area contributed by atoms with E-state index < -0.39 is 0 Å². The highest BCUT2D eigenvalue weighted by Crippen LogP contribution is 2.30. The first kappa shape index (κ1) is 15.4. The number of nitrogens with zero attached hydrogens (tertiary/aromatic N) is 2. The van der Waals surface area contributed by atoms with Gasteiger partial charge in [0.15, 0.2) is 5.84 Å². The summed E-state index contributed by atoms with van der Waals surface area (Å²) in [4.78, 5) is 2.03. The van der Waals surface area contributed by atoms with Crippen molar-refractivity contribution in [2.75, 3.05) is 11.9 Å². The molecule has 0 fully saturated rings. The zero-order valence-corrected chi connectivity index (χ0v) is 13.8. The molecule has 0 saturated carbocycles. The third kappa shape index (κ3) is 3.36. The van der Waals surface area contributed by atoms with Gasteiger partial charge in [-0.15, -0.1) is 0 Å². The summed E-state index contributed by atoms with van der Waals surface area (Å²) in [5.74, 6) is 0.0857. The Hall–Kier alpha value is -2.01. The number of hydrogen-bond donors (Lipinski definition) is 2. The number of benzene rings is 2. The third-order valence-electron chi connectivity index (χ3n) is 3.30. The van der Waals surface area contributed by atoms with Crippen LogP contribution < -0.4 is 10.6 Å². The van der Waals surface area contributed by atoms with Crippen LogP contribution in [0.4, 0.5) is 11.4 Å². The van der Waals surface area contributed by atoms with Gasteiger partial charge in [0.2, 0.25) is 0 Å². The monoisotopic (exact) mass is 347 g/mol. The van der Waals surface area contributed by atoms with E-state index in [-0.39, 0.29) is 5.84 Å².